The molecular formula is C23H23N3O4S. The smallest absolute Gasteiger partial charge is 0.293 e. The van der Waals surface area contributed by atoms with Gasteiger partial charge >= 0.3 is 0 Å². The summed E-state index contributed by atoms with van der Waals surface area (Å²) in [6.07, 6.45) is 5.45. The third-order valence-electron chi connectivity index (χ3n) is 5.60. The molecule has 160 valence electrons. The van der Waals surface area contributed by atoms with Gasteiger partial charge in [0.2, 0.25) is 0 Å². The summed E-state index contributed by atoms with van der Waals surface area (Å²) in [5.74, 6) is -0.374. The van der Waals surface area contributed by atoms with Crippen LogP contribution in [0, 0.1) is 17.0 Å². The number of anilines is 1. The Morgan fingerprint density at radius 2 is 1.87 bits per heavy atom. The van der Waals surface area contributed by atoms with Crippen LogP contribution in [0.25, 0.3) is 6.08 Å². The minimum atomic E-state index is -0.493. The molecule has 2 aromatic rings. The van der Waals surface area contributed by atoms with E-state index in [1.807, 2.05) is 13.0 Å². The lowest BCUT2D eigenvalue weighted by molar-refractivity contribution is -0.384. The molecule has 7 nitrogen and oxygen atoms in total. The number of aryl methyl sites for hydroxylation is 1. The maximum atomic E-state index is 12.8. The predicted octanol–water partition coefficient (Wildman–Crippen LogP) is 5.13. The number of nitro groups is 1. The van der Waals surface area contributed by atoms with Crippen molar-refractivity contribution in [3.63, 3.8) is 0 Å². The molecule has 0 radical (unpaired) electrons. The highest BCUT2D eigenvalue weighted by atomic mass is 32.2. The zero-order chi connectivity index (χ0) is 22.0. The van der Waals surface area contributed by atoms with Crippen molar-refractivity contribution in [2.75, 3.05) is 18.0 Å². The van der Waals surface area contributed by atoms with Gasteiger partial charge in [0.1, 0.15) is 0 Å². The van der Waals surface area contributed by atoms with Gasteiger partial charge in [-0.15, -0.1) is 0 Å². The highest BCUT2D eigenvalue weighted by Gasteiger charge is 2.35. The number of carbonyl (C=O) groups excluding carboxylic acids is 2. The fourth-order valence-corrected chi connectivity index (χ4v) is 4.73. The van der Waals surface area contributed by atoms with Crippen LogP contribution in [0.3, 0.4) is 0 Å². The van der Waals surface area contributed by atoms with E-state index < -0.39 is 4.92 Å². The van der Waals surface area contributed by atoms with Gasteiger partial charge in [-0.1, -0.05) is 18.2 Å². The number of piperidine rings is 1. The van der Waals surface area contributed by atoms with Gasteiger partial charge < -0.3 is 4.90 Å². The van der Waals surface area contributed by atoms with E-state index in [-0.39, 0.29) is 23.4 Å². The first-order valence-corrected chi connectivity index (χ1v) is 11.1. The molecule has 2 fully saturated rings. The van der Waals surface area contributed by atoms with Crippen molar-refractivity contribution in [3.05, 3.63) is 74.2 Å². The number of thioether (sulfide) groups is 1. The molecule has 0 N–H and O–H groups in total. The molecule has 0 aliphatic carbocycles. The van der Waals surface area contributed by atoms with Crippen LogP contribution in [-0.2, 0) is 11.3 Å². The maximum absolute atomic E-state index is 12.8. The molecule has 8 heteroatoms. The number of rotatable bonds is 5. The van der Waals surface area contributed by atoms with Crippen molar-refractivity contribution in [2.45, 2.75) is 32.7 Å². The molecule has 2 heterocycles. The Balaban J connectivity index is 1.51. The molecule has 0 aromatic heterocycles. The summed E-state index contributed by atoms with van der Waals surface area (Å²) in [7, 11) is 0. The van der Waals surface area contributed by atoms with E-state index in [9.17, 15) is 19.7 Å². The number of hydrogen-bond acceptors (Lipinski definition) is 6. The topological polar surface area (TPSA) is 83.8 Å². The van der Waals surface area contributed by atoms with Gasteiger partial charge in [0.15, 0.2) is 0 Å². The summed E-state index contributed by atoms with van der Waals surface area (Å²) in [6.45, 7) is 4.15. The van der Waals surface area contributed by atoms with Gasteiger partial charge in [0.25, 0.3) is 16.8 Å². The average Bonchev–Trinajstić information content (AvgIpc) is 3.03. The average molecular weight is 438 g/mol. The van der Waals surface area contributed by atoms with Crippen LogP contribution >= 0.6 is 11.8 Å². The quantitative estimate of drug-likeness (QED) is 0.366. The van der Waals surface area contributed by atoms with Crippen molar-refractivity contribution in [2.24, 2.45) is 0 Å². The van der Waals surface area contributed by atoms with E-state index in [1.54, 1.807) is 18.2 Å². The van der Waals surface area contributed by atoms with Crippen LogP contribution in [0.1, 0.15) is 36.0 Å². The Hall–Kier alpha value is -3.13. The molecule has 0 unspecified atom stereocenters. The van der Waals surface area contributed by atoms with Crippen molar-refractivity contribution in [3.8, 4) is 0 Å². The summed E-state index contributed by atoms with van der Waals surface area (Å²) in [6, 6.07) is 12.2. The molecule has 0 atom stereocenters. The molecule has 2 aromatic carbocycles. The number of carbonyl (C=O) groups is 2. The lowest BCUT2D eigenvalue weighted by Gasteiger charge is -2.29. The first-order chi connectivity index (χ1) is 14.9. The van der Waals surface area contributed by atoms with Gasteiger partial charge in [-0.05, 0) is 72.8 Å². The Morgan fingerprint density at radius 3 is 2.58 bits per heavy atom. The van der Waals surface area contributed by atoms with Crippen molar-refractivity contribution in [1.82, 2.24) is 4.90 Å². The Bertz CT molecular complexity index is 1080. The Morgan fingerprint density at radius 1 is 1.10 bits per heavy atom. The fraction of sp³-hybridized carbons (Fsp3) is 0.304. The van der Waals surface area contributed by atoms with Crippen LogP contribution in [0.5, 0.6) is 0 Å². The summed E-state index contributed by atoms with van der Waals surface area (Å²) >= 11 is 0.902. The SMILES string of the molecule is Cc1cc(N2CCCCC2)ccc1/C=C1/SC(=O)N(Cc2cccc([N+](=O)[O-])c2)C1=O. The highest BCUT2D eigenvalue weighted by molar-refractivity contribution is 8.18. The van der Waals surface area contributed by atoms with E-state index >= 15 is 0 Å². The van der Waals surface area contributed by atoms with E-state index in [0.29, 0.717) is 10.5 Å². The second kappa shape index (κ2) is 8.93. The monoisotopic (exact) mass is 437 g/mol. The highest BCUT2D eigenvalue weighted by Crippen LogP contribution is 2.34. The minimum Gasteiger partial charge on any atom is -0.372 e. The zero-order valence-corrected chi connectivity index (χ0v) is 18.1. The first kappa shape index (κ1) is 21.1. The molecule has 4 rings (SSSR count). The standard InChI is InChI=1S/C23H23N3O4S/c1-16-12-19(24-10-3-2-4-11-24)9-8-18(16)14-21-22(27)25(23(28)31-21)15-17-6-5-7-20(13-17)26(29)30/h5-9,12-14H,2-4,10-11,15H2,1H3/b21-14+. The van der Waals surface area contributed by atoms with Crippen LogP contribution in [0.2, 0.25) is 0 Å². The number of nitro benzene ring substituents is 1. The summed E-state index contributed by atoms with van der Waals surface area (Å²) in [4.78, 5) is 39.6. The molecule has 0 spiro atoms. The fourth-order valence-electron chi connectivity index (χ4n) is 3.90. The summed E-state index contributed by atoms with van der Waals surface area (Å²) < 4.78 is 0. The molecule has 2 aliphatic heterocycles. The third kappa shape index (κ3) is 4.64. The van der Waals surface area contributed by atoms with Crippen LogP contribution < -0.4 is 4.90 Å². The van der Waals surface area contributed by atoms with E-state index in [1.165, 1.54) is 37.1 Å². The molecule has 2 amide bonds. The third-order valence-corrected chi connectivity index (χ3v) is 6.50. The molecule has 2 aliphatic rings. The first-order valence-electron chi connectivity index (χ1n) is 10.3. The largest absolute Gasteiger partial charge is 0.372 e. The van der Waals surface area contributed by atoms with Gasteiger partial charge in [0.05, 0.1) is 16.4 Å². The number of amides is 2. The van der Waals surface area contributed by atoms with Crippen molar-refractivity contribution >= 4 is 40.4 Å². The van der Waals surface area contributed by atoms with Crippen LogP contribution in [0.15, 0.2) is 47.4 Å². The van der Waals surface area contributed by atoms with Gasteiger partial charge in [-0.3, -0.25) is 24.6 Å². The number of benzene rings is 2. The zero-order valence-electron chi connectivity index (χ0n) is 17.2. The van der Waals surface area contributed by atoms with Crippen molar-refractivity contribution < 1.29 is 14.5 Å². The number of non-ortho nitro benzene ring substituents is 1. The van der Waals surface area contributed by atoms with Crippen LogP contribution in [-0.4, -0.2) is 34.1 Å². The number of nitrogens with zero attached hydrogens (tertiary/aromatic N) is 3. The second-order valence-corrected chi connectivity index (χ2v) is 8.78. The van der Waals surface area contributed by atoms with Crippen LogP contribution in [0.4, 0.5) is 16.2 Å². The predicted molar refractivity (Wildman–Crippen MR) is 122 cm³/mol. The van der Waals surface area contributed by atoms with E-state index in [4.69, 9.17) is 0 Å². The van der Waals surface area contributed by atoms with Gasteiger partial charge in [0, 0.05) is 30.9 Å². The van der Waals surface area contributed by atoms with E-state index in [2.05, 4.69) is 17.0 Å². The molecular weight excluding hydrogens is 414 g/mol. The molecule has 0 bridgehead atoms. The Kier molecular flexibility index (Phi) is 6.08. The van der Waals surface area contributed by atoms with Gasteiger partial charge in [-0.2, -0.15) is 0 Å². The molecule has 2 saturated heterocycles. The molecule has 31 heavy (non-hydrogen) atoms. The Labute approximate surface area is 184 Å². The number of hydrogen-bond donors (Lipinski definition) is 0. The normalized spacial score (nSPS) is 18.2. The molecule has 0 saturated carbocycles. The summed E-state index contributed by atoms with van der Waals surface area (Å²) in [5.41, 5.74) is 3.62. The second-order valence-electron chi connectivity index (χ2n) is 7.78. The maximum Gasteiger partial charge on any atom is 0.293 e. The van der Waals surface area contributed by atoms with Gasteiger partial charge in [-0.25, -0.2) is 0 Å². The lowest BCUT2D eigenvalue weighted by atomic mass is 10.0. The lowest BCUT2D eigenvalue weighted by Crippen LogP contribution is -2.29. The summed E-state index contributed by atoms with van der Waals surface area (Å²) in [5, 5.41) is 10.6. The van der Waals surface area contributed by atoms with Crippen molar-refractivity contribution in [1.29, 1.82) is 0 Å². The minimum absolute atomic E-state index is 0.0105. The van der Waals surface area contributed by atoms with E-state index in [0.717, 1.165) is 40.9 Å². The number of imide groups is 1.